The molecule has 0 unspecified atom stereocenters. The van der Waals surface area contributed by atoms with Crippen LogP contribution in [0.3, 0.4) is 0 Å². The van der Waals surface area contributed by atoms with E-state index in [0.717, 1.165) is 36.2 Å². The molecule has 2 aliphatic rings. The van der Waals surface area contributed by atoms with E-state index in [0.29, 0.717) is 12.4 Å². The molecule has 0 radical (unpaired) electrons. The van der Waals surface area contributed by atoms with E-state index in [2.05, 4.69) is 6.92 Å². The third kappa shape index (κ3) is 3.96. The highest BCUT2D eigenvalue weighted by molar-refractivity contribution is 7.92. The molecular formula is C19H26O6S. The summed E-state index contributed by atoms with van der Waals surface area (Å²) in [4.78, 5) is 0. The van der Waals surface area contributed by atoms with Gasteiger partial charge in [-0.15, -0.1) is 0 Å². The summed E-state index contributed by atoms with van der Waals surface area (Å²) >= 11 is 0. The summed E-state index contributed by atoms with van der Waals surface area (Å²) in [6, 6.07) is 3.60. The number of rotatable bonds is 8. The Bertz CT molecular complexity index is 802. The Labute approximate surface area is 154 Å². The average molecular weight is 382 g/mol. The number of hydrogen-bond acceptors (Lipinski definition) is 6. The Morgan fingerprint density at radius 1 is 1.42 bits per heavy atom. The van der Waals surface area contributed by atoms with E-state index in [1.807, 2.05) is 12.1 Å². The summed E-state index contributed by atoms with van der Waals surface area (Å²) in [6.07, 6.45) is 4.23. The highest BCUT2D eigenvalue weighted by Gasteiger charge is 2.46. The van der Waals surface area contributed by atoms with Crippen LogP contribution < -0.4 is 0 Å². The average Bonchev–Trinajstić information content (AvgIpc) is 3.29. The zero-order valence-electron chi connectivity index (χ0n) is 15.2. The molecule has 0 saturated carbocycles. The maximum Gasteiger partial charge on any atom is 0.163 e. The number of ether oxygens (including phenoxy) is 2. The highest BCUT2D eigenvalue weighted by Crippen LogP contribution is 2.38. The first-order chi connectivity index (χ1) is 12.5. The third-order valence-electron chi connectivity index (χ3n) is 5.04. The van der Waals surface area contributed by atoms with Gasteiger partial charge in [-0.3, -0.25) is 0 Å². The van der Waals surface area contributed by atoms with Gasteiger partial charge >= 0.3 is 0 Å². The lowest BCUT2D eigenvalue weighted by Crippen LogP contribution is -2.19. The summed E-state index contributed by atoms with van der Waals surface area (Å²) in [6.45, 7) is 2.56. The van der Waals surface area contributed by atoms with Crippen LogP contribution in [0.1, 0.15) is 37.7 Å². The fourth-order valence-electron chi connectivity index (χ4n) is 3.73. The predicted octanol–water partition coefficient (Wildman–Crippen LogP) is 2.48. The number of aliphatic hydroxyl groups is 1. The molecule has 0 aromatic carbocycles. The molecule has 1 aromatic rings. The first-order valence-electron chi connectivity index (χ1n) is 8.91. The number of allylic oxidation sites excluding steroid dienone is 1. The van der Waals surface area contributed by atoms with Crippen molar-refractivity contribution in [2.75, 3.05) is 26.1 Å². The molecule has 3 rings (SSSR count). The maximum atomic E-state index is 12.3. The molecule has 1 fully saturated rings. The second-order valence-electron chi connectivity index (χ2n) is 6.77. The standard InChI is InChI=1S/C19H26O6S/c1-3-13(8-15-5-6-16(9-20)25-15)4-7-17-19-14(10-23-2)12-26(21,22)18(19)11-24-17/h5-6,8,17-18,20H,3-4,7,9-12H2,1-2H3/b13-8+/t17-,18+/m1/s1. The van der Waals surface area contributed by atoms with Crippen LogP contribution in [0, 0.1) is 0 Å². The van der Waals surface area contributed by atoms with Gasteiger partial charge in [0, 0.05) is 7.11 Å². The van der Waals surface area contributed by atoms with Crippen LogP contribution in [-0.2, 0) is 25.9 Å². The van der Waals surface area contributed by atoms with Crippen molar-refractivity contribution in [3.63, 3.8) is 0 Å². The summed E-state index contributed by atoms with van der Waals surface area (Å²) < 4.78 is 41.2. The van der Waals surface area contributed by atoms with Crippen LogP contribution in [0.25, 0.3) is 6.08 Å². The molecule has 1 N–H and O–H groups in total. The Balaban J connectivity index is 1.71. The third-order valence-corrected chi connectivity index (χ3v) is 7.05. The van der Waals surface area contributed by atoms with E-state index < -0.39 is 15.1 Å². The van der Waals surface area contributed by atoms with Crippen LogP contribution in [0.4, 0.5) is 0 Å². The molecule has 0 amide bonds. The van der Waals surface area contributed by atoms with Gasteiger partial charge in [0.15, 0.2) is 9.84 Å². The largest absolute Gasteiger partial charge is 0.459 e. The summed E-state index contributed by atoms with van der Waals surface area (Å²) in [7, 11) is -1.57. The van der Waals surface area contributed by atoms with Crippen molar-refractivity contribution in [1.82, 2.24) is 0 Å². The molecule has 0 aliphatic carbocycles. The minimum absolute atomic E-state index is 0.0908. The summed E-state index contributed by atoms with van der Waals surface area (Å²) in [5.74, 6) is 1.35. The molecule has 26 heavy (non-hydrogen) atoms. The van der Waals surface area contributed by atoms with Gasteiger partial charge in [0.05, 0.1) is 25.1 Å². The first-order valence-corrected chi connectivity index (χ1v) is 10.6. The molecule has 1 saturated heterocycles. The normalized spacial score (nSPS) is 25.1. The fraction of sp³-hybridized carbons (Fsp3) is 0.579. The molecular weight excluding hydrogens is 356 g/mol. The van der Waals surface area contributed by atoms with E-state index in [1.54, 1.807) is 13.2 Å². The van der Waals surface area contributed by atoms with Gasteiger partial charge in [0.25, 0.3) is 0 Å². The minimum atomic E-state index is -3.15. The quantitative estimate of drug-likeness (QED) is 0.695. The smallest absolute Gasteiger partial charge is 0.163 e. The Morgan fingerprint density at radius 2 is 2.23 bits per heavy atom. The summed E-state index contributed by atoms with van der Waals surface area (Å²) in [5.41, 5.74) is 2.98. The molecule has 7 heteroatoms. The van der Waals surface area contributed by atoms with Crippen molar-refractivity contribution >= 4 is 15.9 Å². The second-order valence-corrected chi connectivity index (χ2v) is 8.95. The van der Waals surface area contributed by atoms with Gasteiger partial charge in [-0.05, 0) is 48.6 Å². The molecule has 2 atom stereocenters. The van der Waals surface area contributed by atoms with Crippen molar-refractivity contribution in [2.45, 2.75) is 44.1 Å². The van der Waals surface area contributed by atoms with Crippen molar-refractivity contribution in [3.05, 3.63) is 40.4 Å². The van der Waals surface area contributed by atoms with Gasteiger partial charge in [-0.1, -0.05) is 12.5 Å². The van der Waals surface area contributed by atoms with Crippen LogP contribution in [0.15, 0.2) is 33.3 Å². The lowest BCUT2D eigenvalue weighted by Gasteiger charge is -2.14. The van der Waals surface area contributed by atoms with Gasteiger partial charge in [0.1, 0.15) is 23.4 Å². The van der Waals surface area contributed by atoms with E-state index in [9.17, 15) is 8.42 Å². The number of sulfone groups is 1. The molecule has 3 heterocycles. The lowest BCUT2D eigenvalue weighted by atomic mass is 9.96. The van der Waals surface area contributed by atoms with Crippen molar-refractivity contribution < 1.29 is 27.4 Å². The minimum Gasteiger partial charge on any atom is -0.459 e. The van der Waals surface area contributed by atoms with Crippen LogP contribution in [0.2, 0.25) is 0 Å². The fourth-order valence-corrected chi connectivity index (χ4v) is 5.66. The van der Waals surface area contributed by atoms with Gasteiger partial charge in [-0.25, -0.2) is 8.42 Å². The maximum absolute atomic E-state index is 12.3. The SMILES string of the molecule is CC/C(=C\c1ccc(CO)o1)CC[C@H]1OC[C@H]2C1=C(COC)CS2(=O)=O. The van der Waals surface area contributed by atoms with Crippen LogP contribution in [-0.4, -0.2) is 51.0 Å². The molecule has 0 bridgehead atoms. The summed E-state index contributed by atoms with van der Waals surface area (Å²) in [5, 5.41) is 8.60. The molecule has 6 nitrogen and oxygen atoms in total. The number of aliphatic hydroxyl groups excluding tert-OH is 1. The number of furan rings is 1. The van der Waals surface area contributed by atoms with Crippen LogP contribution >= 0.6 is 0 Å². The zero-order chi connectivity index (χ0) is 18.7. The Kier molecular flexibility index (Phi) is 6.02. The highest BCUT2D eigenvalue weighted by atomic mass is 32.2. The second kappa shape index (κ2) is 8.08. The number of methoxy groups -OCH3 is 1. The lowest BCUT2D eigenvalue weighted by molar-refractivity contribution is 0.117. The molecule has 1 aromatic heterocycles. The number of fused-ring (bicyclic) bond motifs is 1. The topological polar surface area (TPSA) is 86.0 Å². The predicted molar refractivity (Wildman–Crippen MR) is 98.3 cm³/mol. The van der Waals surface area contributed by atoms with Gasteiger partial charge in [0.2, 0.25) is 0 Å². The Morgan fingerprint density at radius 3 is 2.88 bits per heavy atom. The van der Waals surface area contributed by atoms with E-state index in [-0.39, 0.29) is 25.1 Å². The van der Waals surface area contributed by atoms with Crippen molar-refractivity contribution in [2.24, 2.45) is 0 Å². The first kappa shape index (κ1) is 19.4. The van der Waals surface area contributed by atoms with Gasteiger partial charge < -0.3 is 19.0 Å². The molecule has 144 valence electrons. The monoisotopic (exact) mass is 382 g/mol. The number of hydrogen-bond donors (Lipinski definition) is 1. The molecule has 0 spiro atoms. The Hall–Kier alpha value is -1.41. The van der Waals surface area contributed by atoms with E-state index in [4.69, 9.17) is 19.0 Å². The van der Waals surface area contributed by atoms with E-state index >= 15 is 0 Å². The molecule has 2 aliphatic heterocycles. The zero-order valence-corrected chi connectivity index (χ0v) is 16.0. The van der Waals surface area contributed by atoms with Gasteiger partial charge in [-0.2, -0.15) is 0 Å². The van der Waals surface area contributed by atoms with Crippen LogP contribution in [0.5, 0.6) is 0 Å². The van der Waals surface area contributed by atoms with Crippen molar-refractivity contribution in [3.8, 4) is 0 Å². The van der Waals surface area contributed by atoms with E-state index in [1.165, 1.54) is 5.57 Å². The van der Waals surface area contributed by atoms with Crippen molar-refractivity contribution in [1.29, 1.82) is 0 Å².